The van der Waals surface area contributed by atoms with Crippen LogP contribution in [0.1, 0.15) is 25.0 Å². The van der Waals surface area contributed by atoms with Crippen LogP contribution in [0, 0.1) is 0 Å². The number of allylic oxidation sites excluding steroid dienone is 1. The Labute approximate surface area is 141 Å². The molecule has 0 radical (unpaired) electrons. The normalized spacial score (nSPS) is 17.6. The summed E-state index contributed by atoms with van der Waals surface area (Å²) in [4.78, 5) is 27.9. The van der Waals surface area contributed by atoms with Gasteiger partial charge in [-0.25, -0.2) is 9.79 Å². The molecule has 0 aliphatic carbocycles. The number of rotatable bonds is 4. The smallest absolute Gasteiger partial charge is 0.416 e. The quantitative estimate of drug-likeness (QED) is 0.869. The van der Waals surface area contributed by atoms with Crippen LogP contribution in [0.25, 0.3) is 0 Å². The highest BCUT2D eigenvalue weighted by Gasteiger charge is 2.31. The molecule has 0 saturated carbocycles. The van der Waals surface area contributed by atoms with E-state index in [1.165, 1.54) is 30.0 Å². The van der Waals surface area contributed by atoms with Gasteiger partial charge in [0.1, 0.15) is 5.71 Å². The van der Waals surface area contributed by atoms with Gasteiger partial charge in [-0.2, -0.15) is 13.2 Å². The van der Waals surface area contributed by atoms with Gasteiger partial charge in [0.15, 0.2) is 6.29 Å². The second-order valence-corrected chi connectivity index (χ2v) is 5.51. The molecule has 1 aliphatic rings. The highest BCUT2D eigenvalue weighted by atomic mass is 19.4. The molecule has 1 aromatic carbocycles. The number of aliphatic carboxylic acids is 1. The van der Waals surface area contributed by atoms with Gasteiger partial charge in [0, 0.05) is 19.2 Å². The highest BCUT2D eigenvalue weighted by Crippen LogP contribution is 2.30. The Kier molecular flexibility index (Phi) is 5.15. The van der Waals surface area contributed by atoms with Crippen molar-refractivity contribution < 1.29 is 27.9 Å². The van der Waals surface area contributed by atoms with E-state index in [2.05, 4.69) is 10.3 Å². The van der Waals surface area contributed by atoms with E-state index in [0.717, 1.165) is 12.1 Å². The second kappa shape index (κ2) is 6.96. The summed E-state index contributed by atoms with van der Waals surface area (Å²) < 4.78 is 38.5. The number of benzene rings is 1. The van der Waals surface area contributed by atoms with Crippen LogP contribution in [0.2, 0.25) is 0 Å². The molecule has 1 unspecified atom stereocenters. The number of carbonyl (C=O) groups is 2. The Morgan fingerprint density at radius 3 is 2.60 bits per heavy atom. The molecule has 2 N–H and O–H groups in total. The highest BCUT2D eigenvalue weighted by molar-refractivity contribution is 6.40. The molecule has 25 heavy (non-hydrogen) atoms. The molecule has 0 aromatic heterocycles. The lowest BCUT2D eigenvalue weighted by molar-refractivity contribution is -0.137. The van der Waals surface area contributed by atoms with Crippen LogP contribution in [0.4, 0.5) is 13.2 Å². The maximum Gasteiger partial charge on any atom is 0.416 e. The first-order valence-corrected chi connectivity index (χ1v) is 7.27. The van der Waals surface area contributed by atoms with Crippen molar-refractivity contribution in [1.82, 2.24) is 10.2 Å². The maximum atomic E-state index is 12.8. The first kappa shape index (κ1) is 18.5. The molecule has 134 valence electrons. The number of hydrogen-bond donors (Lipinski definition) is 2. The van der Waals surface area contributed by atoms with Gasteiger partial charge in [-0.1, -0.05) is 12.1 Å². The minimum atomic E-state index is -4.46. The molecule has 0 saturated heterocycles. The third kappa shape index (κ3) is 4.59. The summed E-state index contributed by atoms with van der Waals surface area (Å²) in [7, 11) is 0. The van der Waals surface area contributed by atoms with Gasteiger partial charge in [0.2, 0.25) is 5.91 Å². The van der Waals surface area contributed by atoms with Gasteiger partial charge in [0.05, 0.1) is 5.56 Å². The minimum Gasteiger partial charge on any atom is -0.477 e. The van der Waals surface area contributed by atoms with E-state index < -0.39 is 29.9 Å². The number of carboxylic acids is 1. The molecule has 1 heterocycles. The predicted molar refractivity (Wildman–Crippen MR) is 83.4 cm³/mol. The second-order valence-electron chi connectivity index (χ2n) is 5.51. The Bertz CT molecular complexity index is 756. The summed E-state index contributed by atoms with van der Waals surface area (Å²) in [6.07, 6.45) is -4.17. The van der Waals surface area contributed by atoms with Gasteiger partial charge in [0.25, 0.3) is 0 Å². The molecule has 1 aliphatic heterocycles. The molecule has 1 atom stereocenters. The zero-order chi connectivity index (χ0) is 18.8. The summed E-state index contributed by atoms with van der Waals surface area (Å²) in [5.41, 5.74) is -0.207. The SMILES string of the molecule is CC(=O)NC1N=C(C(=O)O)C=C(C)N1Cc1cccc(C(F)(F)F)c1. The lowest BCUT2D eigenvalue weighted by Gasteiger charge is -2.34. The molecular formula is C16H16F3N3O3. The molecular weight excluding hydrogens is 339 g/mol. The van der Waals surface area contributed by atoms with E-state index in [-0.39, 0.29) is 12.3 Å². The topological polar surface area (TPSA) is 82.0 Å². The van der Waals surface area contributed by atoms with Crippen LogP contribution in [-0.2, 0) is 22.3 Å². The predicted octanol–water partition coefficient (Wildman–Crippen LogP) is 2.37. The van der Waals surface area contributed by atoms with E-state index in [9.17, 15) is 22.8 Å². The molecule has 0 bridgehead atoms. The number of halogens is 3. The fraction of sp³-hybridized carbons (Fsp3) is 0.312. The van der Waals surface area contributed by atoms with Gasteiger partial charge >= 0.3 is 12.1 Å². The molecule has 1 aromatic rings. The molecule has 6 nitrogen and oxygen atoms in total. The third-order valence-corrected chi connectivity index (χ3v) is 3.51. The van der Waals surface area contributed by atoms with E-state index in [1.54, 1.807) is 6.92 Å². The zero-order valence-corrected chi connectivity index (χ0v) is 13.5. The van der Waals surface area contributed by atoms with Gasteiger partial charge in [-0.05, 0) is 30.7 Å². The fourth-order valence-electron chi connectivity index (χ4n) is 2.38. The molecule has 0 spiro atoms. The molecule has 0 fully saturated rings. The Balaban J connectivity index is 2.32. The third-order valence-electron chi connectivity index (χ3n) is 3.51. The van der Waals surface area contributed by atoms with Crippen molar-refractivity contribution in [3.8, 4) is 0 Å². The van der Waals surface area contributed by atoms with Crippen LogP contribution in [-0.4, -0.2) is 33.9 Å². The van der Waals surface area contributed by atoms with Crippen molar-refractivity contribution in [3.05, 3.63) is 47.2 Å². The number of carboxylic acid groups (broad SMARTS) is 1. The lowest BCUT2D eigenvalue weighted by atomic mass is 10.1. The summed E-state index contributed by atoms with van der Waals surface area (Å²) in [5, 5.41) is 11.6. The van der Waals surface area contributed by atoms with Crippen molar-refractivity contribution in [3.63, 3.8) is 0 Å². The lowest BCUT2D eigenvalue weighted by Crippen LogP contribution is -2.48. The number of nitrogens with one attached hydrogen (secondary N) is 1. The van der Waals surface area contributed by atoms with Crippen molar-refractivity contribution in [2.75, 3.05) is 0 Å². The Morgan fingerprint density at radius 1 is 1.36 bits per heavy atom. The van der Waals surface area contributed by atoms with E-state index in [1.807, 2.05) is 0 Å². The molecule has 2 rings (SSSR count). The summed E-state index contributed by atoms with van der Waals surface area (Å²) in [6, 6.07) is 4.78. The Hall–Kier alpha value is -2.84. The average molecular weight is 355 g/mol. The van der Waals surface area contributed by atoms with Crippen molar-refractivity contribution in [2.45, 2.75) is 32.9 Å². The van der Waals surface area contributed by atoms with Crippen LogP contribution < -0.4 is 5.32 Å². The first-order chi connectivity index (χ1) is 11.6. The summed E-state index contributed by atoms with van der Waals surface area (Å²) in [5.74, 6) is -1.70. The van der Waals surface area contributed by atoms with Crippen molar-refractivity contribution >= 4 is 17.6 Å². The summed E-state index contributed by atoms with van der Waals surface area (Å²) in [6.45, 7) is 2.86. The number of carbonyl (C=O) groups excluding carboxylic acids is 1. The fourth-order valence-corrected chi connectivity index (χ4v) is 2.38. The number of alkyl halides is 3. The van der Waals surface area contributed by atoms with Gasteiger partial charge in [-0.15, -0.1) is 0 Å². The van der Waals surface area contributed by atoms with Crippen molar-refractivity contribution in [2.24, 2.45) is 4.99 Å². The number of amides is 1. The number of hydrogen-bond acceptors (Lipinski definition) is 4. The number of aliphatic imine (C=N–C) groups is 1. The number of nitrogens with zero attached hydrogens (tertiary/aromatic N) is 2. The van der Waals surface area contributed by atoms with Crippen LogP contribution in [0.15, 0.2) is 41.0 Å². The largest absolute Gasteiger partial charge is 0.477 e. The van der Waals surface area contributed by atoms with Crippen molar-refractivity contribution in [1.29, 1.82) is 0 Å². The monoisotopic (exact) mass is 355 g/mol. The van der Waals surface area contributed by atoms with E-state index in [4.69, 9.17) is 5.11 Å². The van der Waals surface area contributed by atoms with Gasteiger partial charge < -0.3 is 15.3 Å². The first-order valence-electron chi connectivity index (χ1n) is 7.27. The molecule has 9 heteroatoms. The van der Waals surface area contributed by atoms with E-state index in [0.29, 0.717) is 11.3 Å². The van der Waals surface area contributed by atoms with Gasteiger partial charge in [-0.3, -0.25) is 4.79 Å². The molecule has 1 amide bonds. The van der Waals surface area contributed by atoms with Crippen LogP contribution in [0.3, 0.4) is 0 Å². The van der Waals surface area contributed by atoms with Crippen LogP contribution in [0.5, 0.6) is 0 Å². The van der Waals surface area contributed by atoms with Crippen LogP contribution >= 0.6 is 0 Å². The Morgan fingerprint density at radius 2 is 2.04 bits per heavy atom. The summed E-state index contributed by atoms with van der Waals surface area (Å²) >= 11 is 0. The zero-order valence-electron chi connectivity index (χ0n) is 13.5. The standard InChI is InChI=1S/C16H16F3N3O3/c1-9-6-13(14(24)25)21-15(20-10(2)23)22(9)8-11-4-3-5-12(7-11)16(17,18)19/h3-7,15H,8H2,1-2H3,(H,20,23)(H,24,25). The average Bonchev–Trinajstić information content (AvgIpc) is 2.49. The maximum absolute atomic E-state index is 12.8. The minimum absolute atomic E-state index is 0.0214. The van der Waals surface area contributed by atoms with E-state index >= 15 is 0 Å².